The van der Waals surface area contributed by atoms with Crippen LogP contribution >= 0.6 is 0 Å². The Balaban J connectivity index is 0. The maximum absolute atomic E-state index is 5.25. The number of para-hydroxylation sites is 1. The number of benzene rings is 2. The predicted molar refractivity (Wildman–Crippen MR) is 117 cm³/mol. The lowest BCUT2D eigenvalue weighted by atomic mass is 10.1. The van der Waals surface area contributed by atoms with Gasteiger partial charge in [-0.2, -0.15) is 0 Å². The zero-order valence-electron chi connectivity index (χ0n) is 14.6. The Morgan fingerprint density at radius 1 is 0.846 bits per heavy atom. The normalized spacial score (nSPS) is 8.96. The van der Waals surface area contributed by atoms with Gasteiger partial charge in [0.1, 0.15) is 11.5 Å². The first-order valence-corrected chi connectivity index (χ1v) is 7.84. The van der Waals surface area contributed by atoms with E-state index in [1.807, 2.05) is 13.0 Å². The third-order valence-corrected chi connectivity index (χ3v) is 3.88. The monoisotopic (exact) mass is 359 g/mol. The fourth-order valence-electron chi connectivity index (χ4n) is 2.56. The first-order valence-electron chi connectivity index (χ1n) is 7.84. The maximum atomic E-state index is 5.25. The summed E-state index contributed by atoms with van der Waals surface area (Å²) in [5, 5.41) is 1.29. The van der Waals surface area contributed by atoms with Crippen molar-refractivity contribution in [1.29, 1.82) is 0 Å². The fraction of sp³-hybridized carbons (Fsp3) is 0.391. The van der Waals surface area contributed by atoms with Gasteiger partial charge in [-0.3, -0.25) is 0 Å². The molecule has 0 unspecified atom stereocenters. The Kier molecular flexibility index (Phi) is 11.9. The van der Waals surface area contributed by atoms with E-state index in [2.05, 4.69) is 55.2 Å². The summed E-state index contributed by atoms with van der Waals surface area (Å²) in [6.07, 6.45) is 0.993. The van der Waals surface area contributed by atoms with E-state index in [0.717, 1.165) is 23.5 Å². The second-order valence-corrected chi connectivity index (χ2v) is 5.52. The fourth-order valence-corrected chi connectivity index (χ4v) is 2.56. The quantitative estimate of drug-likeness (QED) is 0.548. The summed E-state index contributed by atoms with van der Waals surface area (Å²) in [5.41, 5.74) is 4.74. The molecule has 0 saturated carbocycles. The first-order chi connectivity index (χ1) is 11.1. The number of ether oxygens (including phenoxy) is 2. The standard InChI is InChI=1S/C11H16O2.C9H9N.3CH4/c1-5-9-6-10(12-3)8(2)11(7-9)13-4;1-7-6-8-4-2-3-5-9(8)10-7;;;/h6-7H,5H2,1-4H3;2-6,10H,1H3;3*1H4. The molecular formula is C23H37NO2. The van der Waals surface area contributed by atoms with Crippen LogP contribution in [-0.4, -0.2) is 19.2 Å². The molecule has 0 atom stereocenters. The number of hydrogen-bond donors (Lipinski definition) is 1. The molecule has 146 valence electrons. The van der Waals surface area contributed by atoms with E-state index in [1.165, 1.54) is 22.2 Å². The molecule has 0 amide bonds. The second-order valence-electron chi connectivity index (χ2n) is 5.52. The van der Waals surface area contributed by atoms with Crippen LogP contribution in [-0.2, 0) is 6.42 Å². The highest BCUT2D eigenvalue weighted by Crippen LogP contribution is 2.29. The average Bonchev–Trinajstić information content (AvgIpc) is 2.95. The van der Waals surface area contributed by atoms with Gasteiger partial charge >= 0.3 is 0 Å². The van der Waals surface area contributed by atoms with Crippen LogP contribution in [0.4, 0.5) is 0 Å². The molecule has 0 aliphatic heterocycles. The van der Waals surface area contributed by atoms with Crippen molar-refractivity contribution >= 4 is 10.9 Å². The minimum absolute atomic E-state index is 0. The Labute approximate surface area is 160 Å². The van der Waals surface area contributed by atoms with Crippen molar-refractivity contribution in [2.24, 2.45) is 0 Å². The number of aromatic nitrogens is 1. The topological polar surface area (TPSA) is 34.2 Å². The van der Waals surface area contributed by atoms with Crippen LogP contribution in [0.2, 0.25) is 0 Å². The molecule has 3 rings (SSSR count). The number of hydrogen-bond acceptors (Lipinski definition) is 2. The van der Waals surface area contributed by atoms with Crippen molar-refractivity contribution in [3.8, 4) is 11.5 Å². The number of H-pyrrole nitrogens is 1. The van der Waals surface area contributed by atoms with E-state index in [-0.39, 0.29) is 22.3 Å². The molecule has 2 aromatic carbocycles. The van der Waals surface area contributed by atoms with Crippen LogP contribution < -0.4 is 9.47 Å². The molecule has 1 N–H and O–H groups in total. The molecule has 0 fully saturated rings. The second kappa shape index (κ2) is 12.0. The summed E-state index contributed by atoms with van der Waals surface area (Å²) in [7, 11) is 3.36. The average molecular weight is 360 g/mol. The minimum Gasteiger partial charge on any atom is -0.496 e. The number of rotatable bonds is 3. The van der Waals surface area contributed by atoms with Crippen LogP contribution in [0.5, 0.6) is 11.5 Å². The van der Waals surface area contributed by atoms with Crippen LogP contribution in [0.3, 0.4) is 0 Å². The smallest absolute Gasteiger partial charge is 0.125 e. The molecule has 3 heteroatoms. The van der Waals surface area contributed by atoms with E-state index < -0.39 is 0 Å². The summed E-state index contributed by atoms with van der Waals surface area (Å²) >= 11 is 0. The summed E-state index contributed by atoms with van der Waals surface area (Å²) in [4.78, 5) is 3.26. The Morgan fingerprint density at radius 3 is 1.85 bits per heavy atom. The van der Waals surface area contributed by atoms with Crippen molar-refractivity contribution < 1.29 is 9.47 Å². The first kappa shape index (κ1) is 25.8. The molecule has 0 radical (unpaired) electrons. The highest BCUT2D eigenvalue weighted by atomic mass is 16.5. The molecule has 0 bridgehead atoms. The molecule has 0 saturated heterocycles. The lowest BCUT2D eigenvalue weighted by Gasteiger charge is -2.11. The summed E-state index contributed by atoms with van der Waals surface area (Å²) < 4.78 is 10.5. The third kappa shape index (κ3) is 6.14. The van der Waals surface area contributed by atoms with Gasteiger partial charge in [-0.15, -0.1) is 0 Å². The minimum atomic E-state index is 0. The van der Waals surface area contributed by atoms with Crippen LogP contribution in [0, 0.1) is 13.8 Å². The molecule has 0 aliphatic rings. The molecule has 26 heavy (non-hydrogen) atoms. The molecule has 0 spiro atoms. The van der Waals surface area contributed by atoms with E-state index in [9.17, 15) is 0 Å². The van der Waals surface area contributed by atoms with Crippen molar-refractivity contribution in [3.05, 3.63) is 59.3 Å². The predicted octanol–water partition coefficient (Wildman–Crippen LogP) is 6.96. The Morgan fingerprint density at radius 2 is 1.38 bits per heavy atom. The Bertz CT molecular complexity index is 717. The molecule has 3 nitrogen and oxygen atoms in total. The van der Waals surface area contributed by atoms with Crippen molar-refractivity contribution in [2.45, 2.75) is 49.5 Å². The maximum Gasteiger partial charge on any atom is 0.125 e. The zero-order valence-corrected chi connectivity index (χ0v) is 14.6. The molecule has 3 aromatic rings. The number of methoxy groups -OCH3 is 2. The van der Waals surface area contributed by atoms with Gasteiger partial charge in [0, 0.05) is 16.8 Å². The van der Waals surface area contributed by atoms with Crippen molar-refractivity contribution in [2.75, 3.05) is 14.2 Å². The largest absolute Gasteiger partial charge is 0.496 e. The van der Waals surface area contributed by atoms with Crippen LogP contribution in [0.25, 0.3) is 10.9 Å². The summed E-state index contributed by atoms with van der Waals surface area (Å²) in [6, 6.07) is 14.5. The van der Waals surface area contributed by atoms with Crippen molar-refractivity contribution in [3.63, 3.8) is 0 Å². The van der Waals surface area contributed by atoms with Gasteiger partial charge in [0.15, 0.2) is 0 Å². The van der Waals surface area contributed by atoms with Crippen molar-refractivity contribution in [1.82, 2.24) is 4.98 Å². The summed E-state index contributed by atoms with van der Waals surface area (Å²) in [5.74, 6) is 1.80. The SMILES string of the molecule is C.C.C.CCc1cc(OC)c(C)c(OC)c1.Cc1cc2ccccc2[nH]1. The highest BCUT2D eigenvalue weighted by molar-refractivity contribution is 5.79. The van der Waals surface area contributed by atoms with E-state index in [1.54, 1.807) is 14.2 Å². The molecule has 1 aromatic heterocycles. The van der Waals surface area contributed by atoms with Gasteiger partial charge in [0.05, 0.1) is 14.2 Å². The number of aryl methyl sites for hydroxylation is 2. The van der Waals surface area contributed by atoms with Gasteiger partial charge in [0.2, 0.25) is 0 Å². The molecule has 0 aliphatic carbocycles. The zero-order chi connectivity index (χ0) is 16.8. The Hall–Kier alpha value is -2.42. The number of nitrogens with one attached hydrogen (secondary N) is 1. The number of fused-ring (bicyclic) bond motifs is 1. The van der Waals surface area contributed by atoms with E-state index in [0.29, 0.717) is 0 Å². The lowest BCUT2D eigenvalue weighted by Crippen LogP contribution is -1.94. The van der Waals surface area contributed by atoms with Crippen LogP contribution in [0.1, 0.15) is 46.0 Å². The highest BCUT2D eigenvalue weighted by Gasteiger charge is 2.06. The van der Waals surface area contributed by atoms with Gasteiger partial charge in [0.25, 0.3) is 0 Å². The van der Waals surface area contributed by atoms with Crippen LogP contribution in [0.15, 0.2) is 42.5 Å². The molecule has 1 heterocycles. The summed E-state index contributed by atoms with van der Waals surface area (Å²) in [6.45, 7) is 6.18. The number of aromatic amines is 1. The third-order valence-electron chi connectivity index (χ3n) is 3.88. The lowest BCUT2D eigenvalue weighted by molar-refractivity contribution is 0.388. The molecular weight excluding hydrogens is 322 g/mol. The van der Waals surface area contributed by atoms with Gasteiger partial charge in [-0.05, 0) is 55.5 Å². The van der Waals surface area contributed by atoms with Gasteiger partial charge < -0.3 is 14.5 Å². The van der Waals surface area contributed by atoms with E-state index in [4.69, 9.17) is 9.47 Å². The van der Waals surface area contributed by atoms with Gasteiger partial charge in [-0.1, -0.05) is 47.4 Å². The van der Waals surface area contributed by atoms with Gasteiger partial charge in [-0.25, -0.2) is 0 Å². The van der Waals surface area contributed by atoms with E-state index >= 15 is 0 Å².